The Morgan fingerprint density at radius 2 is 0.722 bits per heavy atom. The molecule has 0 radical (unpaired) electrons. The third-order valence-electron chi connectivity index (χ3n) is 5.42. The second-order valence-corrected chi connectivity index (χ2v) is 5.92. The average Bonchev–Trinajstić information content (AvgIpc) is 2.37. The zero-order chi connectivity index (χ0) is 13.6. The molecule has 0 bridgehead atoms. The molecule has 2 heteroatoms. The van der Waals surface area contributed by atoms with E-state index in [1.807, 2.05) is 0 Å². The van der Waals surface area contributed by atoms with Crippen LogP contribution in [0, 0.1) is 0 Å². The first-order valence-corrected chi connectivity index (χ1v) is 7.80. The van der Waals surface area contributed by atoms with Gasteiger partial charge in [-0.3, -0.25) is 0 Å². The van der Waals surface area contributed by atoms with E-state index in [2.05, 4.69) is 55.4 Å². The zero-order valence-electron chi connectivity index (χ0n) is 14.0. The third-order valence-corrected chi connectivity index (χ3v) is 5.42. The van der Waals surface area contributed by atoms with Crippen LogP contribution in [0.3, 0.4) is 0 Å². The van der Waals surface area contributed by atoms with E-state index >= 15 is 0 Å². The highest BCUT2D eigenvalue weighted by Gasteiger charge is 2.45. The molecular weight excluding hydrogens is 242 g/mol. The van der Waals surface area contributed by atoms with Gasteiger partial charge >= 0.3 is 0 Å². The normalized spacial score (nSPS) is 21.3. The van der Waals surface area contributed by atoms with Gasteiger partial charge in [0.15, 0.2) is 0 Å². The molecule has 0 saturated carbocycles. The highest BCUT2D eigenvalue weighted by molar-refractivity contribution is 4.69. The summed E-state index contributed by atoms with van der Waals surface area (Å²) < 4.78 is 1.32. The number of hydrogen-bond acceptors (Lipinski definition) is 0. The predicted molar refractivity (Wildman–Crippen MR) is 79.3 cm³/mol. The van der Waals surface area contributed by atoms with Crippen LogP contribution in [0.25, 0.3) is 0 Å². The van der Waals surface area contributed by atoms with Crippen LogP contribution >= 0.6 is 0 Å². The Bertz CT molecular complexity index is 160. The van der Waals surface area contributed by atoms with Crippen molar-refractivity contribution in [3.8, 4) is 0 Å². The van der Waals surface area contributed by atoms with E-state index in [-0.39, 0.29) is 12.4 Å². The molecule has 18 heavy (non-hydrogen) atoms. The van der Waals surface area contributed by atoms with Gasteiger partial charge in [0.25, 0.3) is 0 Å². The van der Waals surface area contributed by atoms with Crippen LogP contribution in [0.1, 0.15) is 81.1 Å². The summed E-state index contributed by atoms with van der Waals surface area (Å²) in [4.78, 5) is 0. The van der Waals surface area contributed by atoms with Gasteiger partial charge in [-0.25, -0.2) is 0 Å². The molecule has 0 heterocycles. The van der Waals surface area contributed by atoms with Crippen LogP contribution in [-0.2, 0) is 0 Å². The molecule has 4 unspecified atom stereocenters. The lowest BCUT2D eigenvalue weighted by molar-refractivity contribution is -1.01. The van der Waals surface area contributed by atoms with Gasteiger partial charge in [-0.1, -0.05) is 27.7 Å². The molecule has 1 nitrogen and oxygen atoms in total. The summed E-state index contributed by atoms with van der Waals surface area (Å²) in [7, 11) is 0. The van der Waals surface area contributed by atoms with Crippen LogP contribution in [0.5, 0.6) is 0 Å². The maximum absolute atomic E-state index is 2.46. The standard InChI is InChI=1S/C16H36N.ClH/c1-9-13(5)17(14(6)10-2,15(7)11-3)16(8)12-4;/h13-16H,9-12H2,1-8H3;1H/q+1;/p-1. The Morgan fingerprint density at radius 1 is 0.556 bits per heavy atom. The lowest BCUT2D eigenvalue weighted by Gasteiger charge is -2.55. The van der Waals surface area contributed by atoms with Gasteiger partial charge in [-0.15, -0.1) is 0 Å². The van der Waals surface area contributed by atoms with Crippen molar-refractivity contribution < 1.29 is 16.9 Å². The van der Waals surface area contributed by atoms with Gasteiger partial charge < -0.3 is 16.9 Å². The number of quaternary nitrogens is 1. The van der Waals surface area contributed by atoms with Crippen molar-refractivity contribution >= 4 is 0 Å². The first-order valence-electron chi connectivity index (χ1n) is 7.80. The largest absolute Gasteiger partial charge is 1.00 e. The van der Waals surface area contributed by atoms with Gasteiger partial charge in [0.1, 0.15) is 0 Å². The van der Waals surface area contributed by atoms with Gasteiger partial charge in [0.05, 0.1) is 24.2 Å². The van der Waals surface area contributed by atoms with Crippen molar-refractivity contribution in [3.05, 3.63) is 0 Å². The zero-order valence-corrected chi connectivity index (χ0v) is 14.7. The van der Waals surface area contributed by atoms with E-state index in [1.54, 1.807) is 0 Å². The van der Waals surface area contributed by atoms with Crippen molar-refractivity contribution in [1.29, 1.82) is 0 Å². The van der Waals surface area contributed by atoms with Crippen LogP contribution in [0.2, 0.25) is 0 Å². The molecule has 112 valence electrons. The summed E-state index contributed by atoms with van der Waals surface area (Å²) in [6, 6.07) is 3.09. The second-order valence-electron chi connectivity index (χ2n) is 5.92. The minimum atomic E-state index is 0. The summed E-state index contributed by atoms with van der Waals surface area (Å²) in [6.45, 7) is 19.3. The number of nitrogens with zero attached hydrogens (tertiary/aromatic N) is 1. The topological polar surface area (TPSA) is 0 Å². The first-order chi connectivity index (χ1) is 7.93. The fourth-order valence-electron chi connectivity index (χ4n) is 3.87. The third kappa shape index (κ3) is 3.63. The molecule has 0 rings (SSSR count). The Kier molecular flexibility index (Phi) is 10.5. The SMILES string of the molecule is CCC(C)[N+](C(C)CC)(C(C)CC)C(C)CC.[Cl-]. The molecule has 0 saturated heterocycles. The fraction of sp³-hybridized carbons (Fsp3) is 1.00. The molecule has 0 aromatic rings. The van der Waals surface area contributed by atoms with Crippen molar-refractivity contribution in [3.63, 3.8) is 0 Å². The second kappa shape index (κ2) is 9.20. The number of halogens is 1. The fourth-order valence-corrected chi connectivity index (χ4v) is 3.87. The van der Waals surface area contributed by atoms with Gasteiger partial charge in [0, 0.05) is 0 Å². The quantitative estimate of drug-likeness (QED) is 0.596. The lowest BCUT2D eigenvalue weighted by Crippen LogP contribution is -3.00. The summed E-state index contributed by atoms with van der Waals surface area (Å²) in [5, 5.41) is 0. The van der Waals surface area contributed by atoms with Crippen molar-refractivity contribution in [2.45, 2.75) is 105 Å². The van der Waals surface area contributed by atoms with E-state index in [0.717, 1.165) is 24.2 Å². The highest BCUT2D eigenvalue weighted by Crippen LogP contribution is 2.34. The first kappa shape index (κ1) is 20.6. The van der Waals surface area contributed by atoms with Gasteiger partial charge in [-0.2, -0.15) is 0 Å². The molecule has 0 spiro atoms. The maximum atomic E-state index is 2.46. The molecule has 0 aliphatic carbocycles. The molecular formula is C16H36ClN. The van der Waals surface area contributed by atoms with Gasteiger partial charge in [-0.05, 0) is 53.4 Å². The molecule has 0 aliphatic heterocycles. The average molecular weight is 278 g/mol. The minimum Gasteiger partial charge on any atom is -1.00 e. The summed E-state index contributed by atoms with van der Waals surface area (Å²) in [6.07, 6.45) is 5.16. The van der Waals surface area contributed by atoms with Crippen LogP contribution < -0.4 is 12.4 Å². The highest BCUT2D eigenvalue weighted by atomic mass is 35.5. The van der Waals surface area contributed by atoms with E-state index in [9.17, 15) is 0 Å². The number of hydrogen-bond donors (Lipinski definition) is 0. The molecule has 0 aromatic heterocycles. The lowest BCUT2D eigenvalue weighted by atomic mass is 9.93. The summed E-state index contributed by atoms with van der Waals surface area (Å²) in [5.41, 5.74) is 0. The van der Waals surface area contributed by atoms with Crippen molar-refractivity contribution in [1.82, 2.24) is 0 Å². The van der Waals surface area contributed by atoms with E-state index in [1.165, 1.54) is 30.2 Å². The van der Waals surface area contributed by atoms with Gasteiger partial charge in [0.2, 0.25) is 0 Å². The van der Waals surface area contributed by atoms with Crippen molar-refractivity contribution in [2.75, 3.05) is 0 Å². The molecule has 0 N–H and O–H groups in total. The number of rotatable bonds is 8. The predicted octanol–water partition coefficient (Wildman–Crippen LogP) is 2.00. The molecule has 0 aromatic carbocycles. The Hall–Kier alpha value is 0.250. The molecule has 0 amide bonds. The van der Waals surface area contributed by atoms with E-state index in [0.29, 0.717) is 0 Å². The Labute approximate surface area is 122 Å². The van der Waals surface area contributed by atoms with Crippen LogP contribution in [-0.4, -0.2) is 28.7 Å². The maximum Gasteiger partial charge on any atom is 0.0865 e. The Balaban J connectivity index is 0. The minimum absolute atomic E-state index is 0. The molecule has 0 fully saturated rings. The van der Waals surface area contributed by atoms with Crippen LogP contribution in [0.15, 0.2) is 0 Å². The van der Waals surface area contributed by atoms with E-state index in [4.69, 9.17) is 0 Å². The van der Waals surface area contributed by atoms with Crippen molar-refractivity contribution in [2.24, 2.45) is 0 Å². The Morgan fingerprint density at radius 3 is 0.833 bits per heavy atom. The van der Waals surface area contributed by atoms with E-state index < -0.39 is 0 Å². The summed E-state index contributed by atoms with van der Waals surface area (Å²) >= 11 is 0. The molecule has 4 atom stereocenters. The monoisotopic (exact) mass is 277 g/mol. The smallest absolute Gasteiger partial charge is 0.0865 e. The van der Waals surface area contributed by atoms with Crippen LogP contribution in [0.4, 0.5) is 0 Å². The molecule has 0 aliphatic rings. The summed E-state index contributed by atoms with van der Waals surface area (Å²) in [5.74, 6) is 0.